The molecule has 4 rings (SSSR count). The maximum absolute atomic E-state index is 14.0. The molecular weight excluding hydrogens is 341 g/mol. The second-order valence-electron chi connectivity index (χ2n) is 5.99. The van der Waals surface area contributed by atoms with Gasteiger partial charge in [-0.15, -0.1) is 11.3 Å². The Bertz CT molecular complexity index is 920. The van der Waals surface area contributed by atoms with Crippen LogP contribution >= 0.6 is 11.3 Å². The van der Waals surface area contributed by atoms with Crippen molar-refractivity contribution < 1.29 is 14.0 Å². The predicted octanol–water partition coefficient (Wildman–Crippen LogP) is 3.29. The fourth-order valence-corrected chi connectivity index (χ4v) is 3.91. The zero-order chi connectivity index (χ0) is 17.4. The number of amides is 2. The number of hydrogen-bond donors (Lipinski definition) is 2. The van der Waals surface area contributed by atoms with Crippen molar-refractivity contribution >= 4 is 39.1 Å². The van der Waals surface area contributed by atoms with Crippen LogP contribution in [0.4, 0.5) is 10.1 Å². The van der Waals surface area contributed by atoms with Gasteiger partial charge in [-0.3, -0.25) is 9.59 Å². The van der Waals surface area contributed by atoms with Crippen molar-refractivity contribution in [3.05, 3.63) is 53.3 Å². The van der Waals surface area contributed by atoms with E-state index in [1.807, 2.05) is 11.4 Å². The minimum atomic E-state index is -0.651. The lowest BCUT2D eigenvalue weighted by atomic mass is 10.0. The van der Waals surface area contributed by atoms with Crippen molar-refractivity contribution in [1.82, 2.24) is 10.3 Å². The molecule has 0 aliphatic carbocycles. The number of aromatic amines is 1. The second kappa shape index (κ2) is 6.33. The van der Waals surface area contributed by atoms with Crippen LogP contribution in [0.3, 0.4) is 0 Å². The van der Waals surface area contributed by atoms with Gasteiger partial charge >= 0.3 is 0 Å². The van der Waals surface area contributed by atoms with E-state index in [2.05, 4.69) is 10.3 Å². The van der Waals surface area contributed by atoms with Crippen LogP contribution in [0.15, 0.2) is 41.8 Å². The molecule has 128 valence electrons. The third-order valence-corrected chi connectivity index (χ3v) is 5.24. The summed E-state index contributed by atoms with van der Waals surface area (Å²) in [6, 6.07) is 9.22. The largest absolute Gasteiger partial charge is 0.350 e. The van der Waals surface area contributed by atoms with E-state index < -0.39 is 11.9 Å². The van der Waals surface area contributed by atoms with Gasteiger partial charge in [0, 0.05) is 6.54 Å². The maximum atomic E-state index is 14.0. The smallest absolute Gasteiger partial charge is 0.268 e. The van der Waals surface area contributed by atoms with Gasteiger partial charge in [-0.05, 0) is 42.5 Å². The number of halogens is 1. The Morgan fingerprint density at radius 1 is 1.32 bits per heavy atom. The van der Waals surface area contributed by atoms with Gasteiger partial charge in [-0.25, -0.2) is 4.39 Å². The molecule has 0 saturated carbocycles. The summed E-state index contributed by atoms with van der Waals surface area (Å²) in [5.74, 6) is -1.04. The summed E-state index contributed by atoms with van der Waals surface area (Å²) in [5.41, 5.74) is 1.59. The Balaban J connectivity index is 1.52. The molecular formula is C18H16FN3O2S. The lowest BCUT2D eigenvalue weighted by molar-refractivity contribution is -0.121. The average Bonchev–Trinajstić information content (AvgIpc) is 3.19. The number of anilines is 1. The molecule has 0 radical (unpaired) electrons. The number of H-pyrrole nitrogens is 1. The normalized spacial score (nSPS) is 17.9. The molecule has 1 fully saturated rings. The topological polar surface area (TPSA) is 65.2 Å². The number of carbonyl (C=O) groups is 2. The van der Waals surface area contributed by atoms with Crippen LogP contribution in [0.5, 0.6) is 0 Å². The molecule has 1 aromatic carbocycles. The van der Waals surface area contributed by atoms with Crippen LogP contribution in [0, 0.1) is 5.82 Å². The third-order valence-electron chi connectivity index (χ3n) is 4.37. The molecule has 1 atom stereocenters. The fourth-order valence-electron chi connectivity index (χ4n) is 3.13. The lowest BCUT2D eigenvalue weighted by Gasteiger charge is -2.32. The van der Waals surface area contributed by atoms with Crippen molar-refractivity contribution in [2.45, 2.75) is 18.9 Å². The number of thiophene rings is 1. The van der Waals surface area contributed by atoms with Crippen LogP contribution < -0.4 is 10.2 Å². The Hall–Kier alpha value is -2.67. The maximum Gasteiger partial charge on any atom is 0.268 e. The molecule has 2 aromatic heterocycles. The zero-order valence-electron chi connectivity index (χ0n) is 13.3. The zero-order valence-corrected chi connectivity index (χ0v) is 14.1. The highest BCUT2D eigenvalue weighted by Gasteiger charge is 2.32. The summed E-state index contributed by atoms with van der Waals surface area (Å²) in [7, 11) is 0. The first-order valence-electron chi connectivity index (χ1n) is 8.06. The molecule has 1 saturated heterocycles. The summed E-state index contributed by atoms with van der Waals surface area (Å²) in [6.45, 7) is 0.449. The monoisotopic (exact) mass is 357 g/mol. The van der Waals surface area contributed by atoms with Crippen LogP contribution in [0.1, 0.15) is 23.3 Å². The van der Waals surface area contributed by atoms with Gasteiger partial charge < -0.3 is 15.2 Å². The Labute approximate surface area is 147 Å². The summed E-state index contributed by atoms with van der Waals surface area (Å²) >= 11 is 1.54. The number of piperidine rings is 1. The fraction of sp³-hybridized carbons (Fsp3) is 0.222. The second-order valence-corrected chi connectivity index (χ2v) is 6.94. The van der Waals surface area contributed by atoms with Crippen molar-refractivity contribution in [2.24, 2.45) is 0 Å². The summed E-state index contributed by atoms with van der Waals surface area (Å²) in [5, 5.41) is 4.72. The van der Waals surface area contributed by atoms with Crippen molar-refractivity contribution in [1.29, 1.82) is 0 Å². The van der Waals surface area contributed by atoms with Crippen LogP contribution in [-0.4, -0.2) is 29.4 Å². The highest BCUT2D eigenvalue weighted by molar-refractivity contribution is 7.17. The van der Waals surface area contributed by atoms with Gasteiger partial charge in [-0.2, -0.15) is 0 Å². The van der Waals surface area contributed by atoms with E-state index in [1.54, 1.807) is 35.6 Å². The van der Waals surface area contributed by atoms with Gasteiger partial charge in [0.1, 0.15) is 17.6 Å². The number of hydrogen-bond acceptors (Lipinski definition) is 3. The van der Waals surface area contributed by atoms with Crippen LogP contribution in [-0.2, 0) is 4.79 Å². The van der Waals surface area contributed by atoms with E-state index >= 15 is 0 Å². The first-order chi connectivity index (χ1) is 12.1. The number of nitrogens with zero attached hydrogens (tertiary/aromatic N) is 1. The first kappa shape index (κ1) is 15.8. The molecule has 1 unspecified atom stereocenters. The number of benzene rings is 1. The number of para-hydroxylation sites is 1. The van der Waals surface area contributed by atoms with Gasteiger partial charge in [0.2, 0.25) is 5.91 Å². The number of carbonyl (C=O) groups excluding carboxylic acids is 2. The molecule has 1 aliphatic rings. The predicted molar refractivity (Wildman–Crippen MR) is 95.4 cm³/mol. The SMILES string of the molecule is O=C(NC1CCCN(c2ccccc2F)C1=O)c1cc2sccc2[nH]1. The summed E-state index contributed by atoms with van der Waals surface area (Å²) in [4.78, 5) is 29.6. The Morgan fingerprint density at radius 2 is 2.16 bits per heavy atom. The van der Waals surface area contributed by atoms with E-state index in [0.717, 1.165) is 10.2 Å². The molecule has 0 spiro atoms. The molecule has 1 aliphatic heterocycles. The average molecular weight is 357 g/mol. The molecule has 2 N–H and O–H groups in total. The minimum Gasteiger partial charge on any atom is -0.350 e. The molecule has 7 heteroatoms. The van der Waals surface area contributed by atoms with Crippen molar-refractivity contribution in [2.75, 3.05) is 11.4 Å². The molecule has 2 amide bonds. The van der Waals surface area contributed by atoms with E-state index in [9.17, 15) is 14.0 Å². The van der Waals surface area contributed by atoms with E-state index in [4.69, 9.17) is 0 Å². The molecule has 0 bridgehead atoms. The highest BCUT2D eigenvalue weighted by atomic mass is 32.1. The minimum absolute atomic E-state index is 0.256. The number of aromatic nitrogens is 1. The standard InChI is InChI=1S/C18H16FN3O2S/c19-11-4-1-2-6-15(11)22-8-3-5-13(18(22)24)21-17(23)14-10-16-12(20-14)7-9-25-16/h1-2,4,6-7,9-10,13,20H,3,5,8H2,(H,21,23). The summed E-state index contributed by atoms with van der Waals surface area (Å²) < 4.78 is 15.0. The van der Waals surface area contributed by atoms with Gasteiger partial charge in [0.05, 0.1) is 15.9 Å². The van der Waals surface area contributed by atoms with Crippen molar-refractivity contribution in [3.8, 4) is 0 Å². The molecule has 5 nitrogen and oxygen atoms in total. The Kier molecular flexibility index (Phi) is 4.01. The molecule has 3 heterocycles. The first-order valence-corrected chi connectivity index (χ1v) is 8.94. The third kappa shape index (κ3) is 2.91. The quantitative estimate of drug-likeness (QED) is 0.755. The Morgan fingerprint density at radius 3 is 2.96 bits per heavy atom. The van der Waals surface area contributed by atoms with Crippen molar-refractivity contribution in [3.63, 3.8) is 0 Å². The number of nitrogens with one attached hydrogen (secondary N) is 2. The number of fused-ring (bicyclic) bond motifs is 1. The van der Waals surface area contributed by atoms with E-state index in [-0.39, 0.29) is 17.5 Å². The highest BCUT2D eigenvalue weighted by Crippen LogP contribution is 2.25. The van der Waals surface area contributed by atoms with E-state index in [0.29, 0.717) is 25.1 Å². The van der Waals surface area contributed by atoms with Gasteiger partial charge in [0.25, 0.3) is 5.91 Å². The van der Waals surface area contributed by atoms with Crippen LogP contribution in [0.2, 0.25) is 0 Å². The summed E-state index contributed by atoms with van der Waals surface area (Å²) in [6.07, 6.45) is 1.25. The van der Waals surface area contributed by atoms with Gasteiger partial charge in [0.15, 0.2) is 0 Å². The van der Waals surface area contributed by atoms with Crippen LogP contribution in [0.25, 0.3) is 10.2 Å². The lowest BCUT2D eigenvalue weighted by Crippen LogP contribution is -2.52. The molecule has 3 aromatic rings. The van der Waals surface area contributed by atoms with E-state index in [1.165, 1.54) is 11.0 Å². The van der Waals surface area contributed by atoms with Gasteiger partial charge in [-0.1, -0.05) is 12.1 Å². The molecule has 25 heavy (non-hydrogen) atoms. The number of rotatable bonds is 3.